The normalized spacial score (nSPS) is 17.8. The molecule has 1 aliphatic rings. The van der Waals surface area contributed by atoms with Crippen LogP contribution in [0.4, 0.5) is 5.69 Å². The van der Waals surface area contributed by atoms with Gasteiger partial charge in [-0.15, -0.1) is 11.8 Å². The Morgan fingerprint density at radius 2 is 2.11 bits per heavy atom. The van der Waals surface area contributed by atoms with Gasteiger partial charge in [-0.25, -0.2) is 0 Å². The number of carbonyl (C=O) groups excluding carboxylic acids is 1. The van der Waals surface area contributed by atoms with Gasteiger partial charge in [0.05, 0.1) is 16.4 Å². The van der Waals surface area contributed by atoms with Gasteiger partial charge in [0.25, 0.3) is 0 Å². The van der Waals surface area contributed by atoms with E-state index in [0.29, 0.717) is 11.3 Å². The zero-order chi connectivity index (χ0) is 13.0. The van der Waals surface area contributed by atoms with E-state index in [9.17, 15) is 4.79 Å². The lowest BCUT2D eigenvalue weighted by Gasteiger charge is -2.10. The van der Waals surface area contributed by atoms with Gasteiger partial charge >= 0.3 is 0 Å². The summed E-state index contributed by atoms with van der Waals surface area (Å²) in [5.41, 5.74) is 1.18. The highest BCUT2D eigenvalue weighted by Gasteiger charge is 2.23. The van der Waals surface area contributed by atoms with Crippen LogP contribution in [-0.4, -0.2) is 16.9 Å². The highest BCUT2D eigenvalue weighted by molar-refractivity contribution is 8.00. The van der Waals surface area contributed by atoms with Gasteiger partial charge in [0.15, 0.2) is 0 Å². The second-order valence-corrected chi connectivity index (χ2v) is 5.29. The molecule has 1 saturated heterocycles. The molecule has 1 aromatic carbocycles. The summed E-state index contributed by atoms with van der Waals surface area (Å²) in [6.45, 7) is 0. The molecule has 0 aromatic heterocycles. The summed E-state index contributed by atoms with van der Waals surface area (Å²) in [5, 5.41) is 20.5. The Morgan fingerprint density at radius 3 is 2.72 bits per heavy atom. The zero-order valence-corrected chi connectivity index (χ0v) is 10.5. The van der Waals surface area contributed by atoms with Crippen molar-refractivity contribution in [2.45, 2.75) is 18.1 Å². The maximum atomic E-state index is 11.9. The fourth-order valence-corrected chi connectivity index (χ4v) is 2.98. The number of rotatable bonds is 2. The number of nitrogens with one attached hydrogen (secondary N) is 1. The predicted molar refractivity (Wildman–Crippen MR) is 70.0 cm³/mol. The fraction of sp³-hybridized carbons (Fsp3) is 0.308. The first kappa shape index (κ1) is 12.5. The lowest BCUT2D eigenvalue weighted by atomic mass is 10.1. The lowest BCUT2D eigenvalue weighted by Crippen LogP contribution is -2.22. The monoisotopic (exact) mass is 257 g/mol. The number of hydrogen-bond acceptors (Lipinski definition) is 4. The second kappa shape index (κ2) is 5.57. The molecule has 4 nitrogen and oxygen atoms in total. The van der Waals surface area contributed by atoms with E-state index in [4.69, 9.17) is 10.5 Å². The van der Waals surface area contributed by atoms with E-state index in [2.05, 4.69) is 5.32 Å². The van der Waals surface area contributed by atoms with E-state index in [1.165, 1.54) is 6.07 Å². The molecule has 5 heteroatoms. The molecule has 1 amide bonds. The quantitative estimate of drug-likeness (QED) is 0.881. The first-order valence-corrected chi connectivity index (χ1v) is 6.66. The summed E-state index contributed by atoms with van der Waals surface area (Å²) in [6.07, 6.45) is 1.97. The molecule has 1 atom stereocenters. The van der Waals surface area contributed by atoms with Crippen molar-refractivity contribution < 1.29 is 4.79 Å². The minimum Gasteiger partial charge on any atom is -0.325 e. The van der Waals surface area contributed by atoms with Crippen LogP contribution in [0.2, 0.25) is 0 Å². The van der Waals surface area contributed by atoms with E-state index in [1.807, 2.05) is 12.1 Å². The van der Waals surface area contributed by atoms with Gasteiger partial charge in [-0.05, 0) is 36.8 Å². The number of amides is 1. The van der Waals surface area contributed by atoms with E-state index in [0.717, 1.165) is 18.6 Å². The van der Waals surface area contributed by atoms with Gasteiger partial charge < -0.3 is 5.32 Å². The molecule has 1 fully saturated rings. The summed E-state index contributed by atoms with van der Waals surface area (Å²) < 4.78 is 0. The van der Waals surface area contributed by atoms with Crippen molar-refractivity contribution >= 4 is 23.4 Å². The largest absolute Gasteiger partial charge is 0.325 e. The van der Waals surface area contributed by atoms with Crippen LogP contribution < -0.4 is 5.32 Å². The van der Waals surface area contributed by atoms with Crippen LogP contribution in [0.3, 0.4) is 0 Å². The maximum absolute atomic E-state index is 11.9. The molecular formula is C13H11N3OS. The van der Waals surface area contributed by atoms with Crippen molar-refractivity contribution in [1.82, 2.24) is 0 Å². The zero-order valence-electron chi connectivity index (χ0n) is 9.64. The van der Waals surface area contributed by atoms with Crippen LogP contribution >= 0.6 is 11.8 Å². The first-order valence-electron chi connectivity index (χ1n) is 5.61. The summed E-state index contributed by atoms with van der Waals surface area (Å²) in [7, 11) is 0. The fourth-order valence-electron chi connectivity index (χ4n) is 1.82. The SMILES string of the molecule is N#Cc1ccc(NC(=O)C2CCCS2)cc1C#N. The van der Waals surface area contributed by atoms with Crippen LogP contribution in [0.5, 0.6) is 0 Å². The minimum atomic E-state index is -0.0221. The molecule has 0 radical (unpaired) electrons. The Balaban J connectivity index is 2.13. The number of nitriles is 2. The van der Waals surface area contributed by atoms with Crippen molar-refractivity contribution in [1.29, 1.82) is 10.5 Å². The molecule has 90 valence electrons. The Hall–Kier alpha value is -1.98. The number of nitrogens with zero attached hydrogens (tertiary/aromatic N) is 2. The number of anilines is 1. The topological polar surface area (TPSA) is 76.7 Å². The highest BCUT2D eigenvalue weighted by Crippen LogP contribution is 2.27. The van der Waals surface area contributed by atoms with Gasteiger partial charge in [-0.1, -0.05) is 0 Å². The van der Waals surface area contributed by atoms with Gasteiger partial charge in [0, 0.05) is 5.69 Å². The smallest absolute Gasteiger partial charge is 0.237 e. The Kier molecular flexibility index (Phi) is 3.86. The molecule has 1 aliphatic heterocycles. The molecule has 1 heterocycles. The minimum absolute atomic E-state index is 0.00572. The molecule has 0 saturated carbocycles. The molecule has 0 bridgehead atoms. The van der Waals surface area contributed by atoms with Crippen LogP contribution in [0.1, 0.15) is 24.0 Å². The van der Waals surface area contributed by atoms with Crippen molar-refractivity contribution in [2.24, 2.45) is 0 Å². The van der Waals surface area contributed by atoms with E-state index < -0.39 is 0 Å². The number of hydrogen-bond donors (Lipinski definition) is 1. The molecule has 1 unspecified atom stereocenters. The molecule has 0 aliphatic carbocycles. The summed E-state index contributed by atoms with van der Waals surface area (Å²) in [5.74, 6) is 1.00. The van der Waals surface area contributed by atoms with Crippen molar-refractivity contribution in [2.75, 3.05) is 11.1 Å². The molecule has 18 heavy (non-hydrogen) atoms. The third kappa shape index (κ3) is 2.64. The Morgan fingerprint density at radius 1 is 1.33 bits per heavy atom. The van der Waals surface area contributed by atoms with Gasteiger partial charge in [-0.3, -0.25) is 4.79 Å². The molecule has 0 spiro atoms. The molecule has 2 rings (SSSR count). The van der Waals surface area contributed by atoms with Crippen LogP contribution in [-0.2, 0) is 4.79 Å². The first-order chi connectivity index (χ1) is 8.74. The van der Waals surface area contributed by atoms with Crippen molar-refractivity contribution in [3.8, 4) is 12.1 Å². The van der Waals surface area contributed by atoms with Crippen molar-refractivity contribution in [3.63, 3.8) is 0 Å². The van der Waals surface area contributed by atoms with Crippen LogP contribution in [0.15, 0.2) is 18.2 Å². The third-order valence-corrected chi connectivity index (χ3v) is 4.13. The van der Waals surface area contributed by atoms with Gasteiger partial charge in [0.1, 0.15) is 12.1 Å². The maximum Gasteiger partial charge on any atom is 0.237 e. The second-order valence-electron chi connectivity index (χ2n) is 3.97. The molecule has 1 aromatic rings. The van der Waals surface area contributed by atoms with Crippen LogP contribution in [0, 0.1) is 22.7 Å². The summed E-state index contributed by atoms with van der Waals surface area (Å²) in [6, 6.07) is 8.63. The predicted octanol–water partition coefficient (Wildman–Crippen LogP) is 2.26. The summed E-state index contributed by atoms with van der Waals surface area (Å²) in [4.78, 5) is 11.9. The third-order valence-electron chi connectivity index (χ3n) is 2.75. The number of carbonyl (C=O) groups is 1. The highest BCUT2D eigenvalue weighted by atomic mass is 32.2. The lowest BCUT2D eigenvalue weighted by molar-refractivity contribution is -0.115. The average molecular weight is 257 g/mol. The standard InChI is InChI=1S/C13H11N3OS/c14-7-9-3-4-11(6-10(9)8-15)16-13(17)12-2-1-5-18-12/h3-4,6,12H,1-2,5H2,(H,16,17). The van der Waals surface area contributed by atoms with Gasteiger partial charge in [-0.2, -0.15) is 10.5 Å². The van der Waals surface area contributed by atoms with E-state index in [-0.39, 0.29) is 16.7 Å². The average Bonchev–Trinajstić information content (AvgIpc) is 2.92. The number of thioether (sulfide) groups is 1. The van der Waals surface area contributed by atoms with E-state index >= 15 is 0 Å². The molecular weight excluding hydrogens is 246 g/mol. The molecule has 1 N–H and O–H groups in total. The van der Waals surface area contributed by atoms with Crippen molar-refractivity contribution in [3.05, 3.63) is 29.3 Å². The Bertz CT molecular complexity index is 550. The summed E-state index contributed by atoms with van der Waals surface area (Å²) >= 11 is 1.66. The van der Waals surface area contributed by atoms with Crippen LogP contribution in [0.25, 0.3) is 0 Å². The van der Waals surface area contributed by atoms with E-state index in [1.54, 1.807) is 23.9 Å². The Labute approximate surface area is 110 Å². The number of benzene rings is 1. The van der Waals surface area contributed by atoms with Gasteiger partial charge in [0.2, 0.25) is 5.91 Å².